The van der Waals surface area contributed by atoms with Gasteiger partial charge in [0.2, 0.25) is 0 Å². The quantitative estimate of drug-likeness (QED) is 0.214. The molecule has 0 saturated carbocycles. The first-order valence-electron chi connectivity index (χ1n) is 15.8. The molecular formula is C42H30N2Si2. The van der Waals surface area contributed by atoms with Gasteiger partial charge in [-0.05, 0) is 63.2 Å². The number of rotatable bonds is 4. The van der Waals surface area contributed by atoms with Gasteiger partial charge in [-0.1, -0.05) is 150 Å². The third-order valence-electron chi connectivity index (χ3n) is 9.12. The molecule has 0 aliphatic carbocycles. The minimum Gasteiger partial charge on any atom is -0.311 e. The summed E-state index contributed by atoms with van der Waals surface area (Å²) in [6.07, 6.45) is 0. The molecule has 2 aliphatic rings. The molecule has 2 heterocycles. The number of para-hydroxylation sites is 4. The van der Waals surface area contributed by atoms with Gasteiger partial charge in [-0.2, -0.15) is 0 Å². The molecule has 0 unspecified atom stereocenters. The SMILES string of the molecule is c1ccc(N2c3ccccc3[Si](c3ccccc3)c3cc4c(cc32)N(c2ccccc2)c2ccccc2[Si]4c2ccccc2)cc1. The molecule has 7 aromatic rings. The van der Waals surface area contributed by atoms with E-state index >= 15 is 0 Å². The second-order valence-corrected chi connectivity index (χ2v) is 16.6. The van der Waals surface area contributed by atoms with Gasteiger partial charge in [0, 0.05) is 34.1 Å². The summed E-state index contributed by atoms with van der Waals surface area (Å²) in [4.78, 5) is 5.00. The van der Waals surface area contributed by atoms with Crippen LogP contribution in [-0.2, 0) is 0 Å². The van der Waals surface area contributed by atoms with Gasteiger partial charge >= 0.3 is 0 Å². The van der Waals surface area contributed by atoms with Gasteiger partial charge in [-0.15, -0.1) is 0 Å². The predicted molar refractivity (Wildman–Crippen MR) is 198 cm³/mol. The van der Waals surface area contributed by atoms with Crippen molar-refractivity contribution in [1.82, 2.24) is 0 Å². The minimum absolute atomic E-state index is 1.18. The minimum atomic E-state index is -1.32. The van der Waals surface area contributed by atoms with Crippen LogP contribution >= 0.6 is 0 Å². The molecule has 0 amide bonds. The second kappa shape index (κ2) is 11.2. The standard InChI is InChI=1S/C42H30N2Si2/c1-5-17-31(18-6-1)43-35-25-13-15-27-39(35)45(33-21-9-3-10-22-33)41-30-42-38(29-37(41)43)44(32-19-7-2-8-20-32)36-26-14-16-28-40(36)46(42)34-23-11-4-12-24-34/h1-30H. The first kappa shape index (κ1) is 26.9. The van der Waals surface area contributed by atoms with Crippen molar-refractivity contribution in [2.45, 2.75) is 0 Å². The van der Waals surface area contributed by atoms with Gasteiger partial charge in [-0.3, -0.25) is 0 Å². The monoisotopic (exact) mass is 618 g/mol. The van der Waals surface area contributed by atoms with Crippen molar-refractivity contribution in [2.24, 2.45) is 0 Å². The van der Waals surface area contributed by atoms with Crippen molar-refractivity contribution in [3.63, 3.8) is 0 Å². The fraction of sp³-hybridized carbons (Fsp3) is 0. The summed E-state index contributed by atoms with van der Waals surface area (Å²) >= 11 is 0. The highest BCUT2D eigenvalue weighted by Gasteiger charge is 2.40. The molecule has 0 spiro atoms. The maximum atomic E-state index is 2.62. The molecule has 0 bridgehead atoms. The van der Waals surface area contributed by atoms with E-state index in [9.17, 15) is 0 Å². The van der Waals surface area contributed by atoms with Crippen molar-refractivity contribution in [3.05, 3.63) is 182 Å². The Labute approximate surface area is 273 Å². The number of fused-ring (bicyclic) bond motifs is 4. The summed E-state index contributed by atoms with van der Waals surface area (Å²) in [6, 6.07) is 67.4. The fourth-order valence-corrected chi connectivity index (χ4v) is 13.1. The van der Waals surface area contributed by atoms with Crippen LogP contribution < -0.4 is 40.9 Å². The molecule has 0 N–H and O–H groups in total. The molecule has 9 rings (SSSR count). The lowest BCUT2D eigenvalue weighted by atomic mass is 10.1. The van der Waals surface area contributed by atoms with Crippen molar-refractivity contribution < 1.29 is 0 Å². The summed E-state index contributed by atoms with van der Waals surface area (Å²) in [5.74, 6) is 0. The number of hydrogen-bond acceptors (Lipinski definition) is 2. The van der Waals surface area contributed by atoms with Crippen molar-refractivity contribution in [3.8, 4) is 0 Å². The van der Waals surface area contributed by atoms with Crippen molar-refractivity contribution in [2.75, 3.05) is 9.80 Å². The molecule has 46 heavy (non-hydrogen) atoms. The normalized spacial score (nSPS) is 13.8. The molecule has 0 saturated heterocycles. The molecule has 2 aliphatic heterocycles. The largest absolute Gasteiger partial charge is 0.311 e. The van der Waals surface area contributed by atoms with Crippen LogP contribution in [0.1, 0.15) is 0 Å². The molecule has 2 nitrogen and oxygen atoms in total. The van der Waals surface area contributed by atoms with Crippen LogP contribution in [0.15, 0.2) is 182 Å². The highest BCUT2D eigenvalue weighted by Crippen LogP contribution is 2.41. The van der Waals surface area contributed by atoms with Gasteiger partial charge in [-0.25, -0.2) is 0 Å². The molecule has 7 aromatic carbocycles. The van der Waals surface area contributed by atoms with E-state index in [0.29, 0.717) is 0 Å². The zero-order valence-corrected chi connectivity index (χ0v) is 27.2. The van der Waals surface area contributed by atoms with Crippen LogP contribution in [0.4, 0.5) is 34.1 Å². The van der Waals surface area contributed by atoms with E-state index in [2.05, 4.69) is 192 Å². The van der Waals surface area contributed by atoms with Crippen LogP contribution in [0, 0.1) is 0 Å². The summed E-state index contributed by atoms with van der Waals surface area (Å²) in [7, 11) is -2.64. The zero-order chi connectivity index (χ0) is 30.5. The highest BCUT2D eigenvalue weighted by atomic mass is 28.3. The summed E-state index contributed by atoms with van der Waals surface area (Å²) in [5.41, 5.74) is 7.46. The van der Waals surface area contributed by atoms with Crippen LogP contribution in [-0.4, -0.2) is 17.6 Å². The molecule has 0 aromatic heterocycles. The number of hydrogen-bond donors (Lipinski definition) is 0. The Hall–Kier alpha value is -5.43. The predicted octanol–water partition coefficient (Wildman–Crippen LogP) is 6.29. The Morgan fingerprint density at radius 2 is 0.630 bits per heavy atom. The molecule has 2 radical (unpaired) electrons. The van der Waals surface area contributed by atoms with Gasteiger partial charge in [0.05, 0.1) is 0 Å². The molecule has 216 valence electrons. The van der Waals surface area contributed by atoms with Crippen LogP contribution in [0.3, 0.4) is 0 Å². The highest BCUT2D eigenvalue weighted by molar-refractivity contribution is 7.00. The number of anilines is 6. The fourth-order valence-electron chi connectivity index (χ4n) is 7.20. The Morgan fingerprint density at radius 3 is 1.04 bits per heavy atom. The summed E-state index contributed by atoms with van der Waals surface area (Å²) in [6.45, 7) is 0. The first-order valence-corrected chi connectivity index (χ1v) is 18.8. The van der Waals surface area contributed by atoms with E-state index in [0.717, 1.165) is 0 Å². The van der Waals surface area contributed by atoms with Gasteiger partial charge in [0.1, 0.15) is 0 Å². The summed E-state index contributed by atoms with van der Waals surface area (Å²) < 4.78 is 0. The number of benzene rings is 7. The third-order valence-corrected chi connectivity index (χ3v) is 14.7. The number of nitrogens with zero attached hydrogens (tertiary/aromatic N) is 2. The van der Waals surface area contributed by atoms with Crippen LogP contribution in [0.5, 0.6) is 0 Å². The lowest BCUT2D eigenvalue weighted by Crippen LogP contribution is -2.62. The van der Waals surface area contributed by atoms with E-state index in [4.69, 9.17) is 0 Å². The Bertz CT molecular complexity index is 1860. The van der Waals surface area contributed by atoms with E-state index in [1.54, 1.807) is 0 Å². The van der Waals surface area contributed by atoms with Gasteiger partial charge in [0.15, 0.2) is 17.6 Å². The first-order chi connectivity index (χ1) is 22.9. The molecular weight excluding hydrogens is 589 g/mol. The average Bonchev–Trinajstić information content (AvgIpc) is 3.13. The Kier molecular flexibility index (Phi) is 6.55. The van der Waals surface area contributed by atoms with Crippen molar-refractivity contribution >= 4 is 82.8 Å². The zero-order valence-electron chi connectivity index (χ0n) is 25.2. The van der Waals surface area contributed by atoms with Crippen LogP contribution in [0.2, 0.25) is 0 Å². The maximum Gasteiger partial charge on any atom is 0.160 e. The van der Waals surface area contributed by atoms with E-state index in [1.807, 2.05) is 0 Å². The smallest absolute Gasteiger partial charge is 0.160 e. The average molecular weight is 619 g/mol. The topological polar surface area (TPSA) is 6.48 Å². The van der Waals surface area contributed by atoms with E-state index < -0.39 is 17.6 Å². The van der Waals surface area contributed by atoms with Gasteiger partial charge in [0.25, 0.3) is 0 Å². The lowest BCUT2D eigenvalue weighted by Gasteiger charge is -2.42. The van der Waals surface area contributed by atoms with Gasteiger partial charge < -0.3 is 9.80 Å². The summed E-state index contributed by atoms with van der Waals surface area (Å²) in [5, 5.41) is 8.59. The Balaban J connectivity index is 1.40. The van der Waals surface area contributed by atoms with E-state index in [-0.39, 0.29) is 0 Å². The lowest BCUT2D eigenvalue weighted by molar-refractivity contribution is 1.26. The molecule has 0 fully saturated rings. The van der Waals surface area contributed by atoms with Crippen LogP contribution in [0.25, 0.3) is 0 Å². The van der Waals surface area contributed by atoms with Crippen molar-refractivity contribution in [1.29, 1.82) is 0 Å². The Morgan fingerprint density at radius 1 is 0.283 bits per heavy atom. The van der Waals surface area contributed by atoms with E-state index in [1.165, 1.54) is 65.2 Å². The second-order valence-electron chi connectivity index (χ2n) is 11.7. The third kappa shape index (κ3) is 4.30. The molecule has 0 atom stereocenters. The maximum absolute atomic E-state index is 2.62. The molecule has 4 heteroatoms.